The van der Waals surface area contributed by atoms with Crippen molar-refractivity contribution < 1.29 is 9.53 Å². The Labute approximate surface area is 168 Å². The Kier molecular flexibility index (Phi) is 6.80. The topological polar surface area (TPSA) is 44.8 Å². The molecule has 150 valence electrons. The highest BCUT2D eigenvalue weighted by Gasteiger charge is 2.18. The van der Waals surface area contributed by atoms with Gasteiger partial charge in [-0.05, 0) is 42.5 Å². The smallest absolute Gasteiger partial charge is 0.321 e. The minimum Gasteiger partial charge on any atom is -0.491 e. The molecule has 0 saturated carbocycles. The van der Waals surface area contributed by atoms with E-state index in [9.17, 15) is 4.79 Å². The van der Waals surface area contributed by atoms with Crippen LogP contribution in [0.5, 0.6) is 5.75 Å². The quantitative estimate of drug-likeness (QED) is 0.735. The van der Waals surface area contributed by atoms with E-state index < -0.39 is 0 Å². The molecule has 3 rings (SSSR count). The predicted molar refractivity (Wildman–Crippen MR) is 115 cm³/mol. The summed E-state index contributed by atoms with van der Waals surface area (Å²) in [6, 6.07) is 15.8. The van der Waals surface area contributed by atoms with Gasteiger partial charge in [0, 0.05) is 32.4 Å². The number of nitrogens with one attached hydrogen (secondary N) is 1. The van der Waals surface area contributed by atoms with Gasteiger partial charge < -0.3 is 19.9 Å². The number of ether oxygens (including phenoxy) is 1. The van der Waals surface area contributed by atoms with Gasteiger partial charge in [-0.2, -0.15) is 0 Å². The standard InChI is InChI=1S/C23H31N3O2/c1-18(2)17-28-22-13-7-5-11-20(22)24-23(27)25(3)16-19-10-4-6-12-21(19)26-14-8-9-15-26/h4-7,10-13,18H,8-9,14-17H2,1-3H3,(H,24,27). The Balaban J connectivity index is 1.66. The Hall–Kier alpha value is -2.69. The van der Waals surface area contributed by atoms with Gasteiger partial charge in [-0.3, -0.25) is 0 Å². The lowest BCUT2D eigenvalue weighted by Gasteiger charge is -2.25. The van der Waals surface area contributed by atoms with E-state index in [2.05, 4.69) is 42.3 Å². The summed E-state index contributed by atoms with van der Waals surface area (Å²) in [6.45, 7) is 7.57. The summed E-state index contributed by atoms with van der Waals surface area (Å²) in [4.78, 5) is 16.9. The van der Waals surface area contributed by atoms with Gasteiger partial charge in [-0.15, -0.1) is 0 Å². The first-order valence-electron chi connectivity index (χ1n) is 10.1. The molecule has 1 aliphatic rings. The maximum Gasteiger partial charge on any atom is 0.321 e. The molecule has 1 fully saturated rings. The number of rotatable bonds is 7. The van der Waals surface area contributed by atoms with Crippen LogP contribution in [-0.4, -0.2) is 37.7 Å². The summed E-state index contributed by atoms with van der Waals surface area (Å²) >= 11 is 0. The zero-order chi connectivity index (χ0) is 19.9. The van der Waals surface area contributed by atoms with E-state index in [4.69, 9.17) is 4.74 Å². The van der Waals surface area contributed by atoms with Gasteiger partial charge in [0.05, 0.1) is 12.3 Å². The molecule has 28 heavy (non-hydrogen) atoms. The molecule has 2 aromatic rings. The van der Waals surface area contributed by atoms with Gasteiger partial charge >= 0.3 is 6.03 Å². The fraction of sp³-hybridized carbons (Fsp3) is 0.435. The fourth-order valence-electron chi connectivity index (χ4n) is 3.40. The van der Waals surface area contributed by atoms with Crippen molar-refractivity contribution in [1.82, 2.24) is 4.90 Å². The Morgan fingerprint density at radius 2 is 1.79 bits per heavy atom. The molecular weight excluding hydrogens is 350 g/mol. The van der Waals surface area contributed by atoms with E-state index in [0.717, 1.165) is 13.1 Å². The molecule has 5 nitrogen and oxygen atoms in total. The zero-order valence-electron chi connectivity index (χ0n) is 17.1. The third kappa shape index (κ3) is 5.18. The second-order valence-corrected chi connectivity index (χ2v) is 7.81. The number of anilines is 2. The van der Waals surface area contributed by atoms with Crippen LogP contribution >= 0.6 is 0 Å². The number of hydrogen-bond acceptors (Lipinski definition) is 3. The lowest BCUT2D eigenvalue weighted by atomic mass is 10.1. The van der Waals surface area contributed by atoms with Crippen molar-refractivity contribution in [1.29, 1.82) is 0 Å². The minimum absolute atomic E-state index is 0.142. The van der Waals surface area contributed by atoms with E-state index in [1.54, 1.807) is 4.90 Å². The highest BCUT2D eigenvalue weighted by atomic mass is 16.5. The maximum atomic E-state index is 12.8. The van der Waals surface area contributed by atoms with Crippen molar-refractivity contribution in [3.63, 3.8) is 0 Å². The highest BCUT2D eigenvalue weighted by Crippen LogP contribution is 2.27. The van der Waals surface area contributed by atoms with Crippen molar-refractivity contribution in [2.24, 2.45) is 5.92 Å². The number of carbonyl (C=O) groups excluding carboxylic acids is 1. The van der Waals surface area contributed by atoms with Crippen molar-refractivity contribution >= 4 is 17.4 Å². The van der Waals surface area contributed by atoms with Crippen LogP contribution < -0.4 is 15.0 Å². The first-order valence-corrected chi connectivity index (χ1v) is 10.1. The second-order valence-electron chi connectivity index (χ2n) is 7.81. The molecule has 1 heterocycles. The number of urea groups is 1. The molecule has 0 radical (unpaired) electrons. The van der Waals surface area contributed by atoms with Gasteiger partial charge in [-0.1, -0.05) is 44.2 Å². The maximum absolute atomic E-state index is 12.8. The van der Waals surface area contributed by atoms with Gasteiger partial charge in [0.1, 0.15) is 5.75 Å². The highest BCUT2D eigenvalue weighted by molar-refractivity contribution is 5.90. The number of benzene rings is 2. The van der Waals surface area contributed by atoms with E-state index >= 15 is 0 Å². The zero-order valence-corrected chi connectivity index (χ0v) is 17.1. The first kappa shape index (κ1) is 20.1. The van der Waals surface area contributed by atoms with Gasteiger partial charge in [-0.25, -0.2) is 4.79 Å². The average molecular weight is 382 g/mol. The fourth-order valence-corrected chi connectivity index (χ4v) is 3.40. The second kappa shape index (κ2) is 9.49. The molecule has 0 atom stereocenters. The minimum atomic E-state index is -0.142. The monoisotopic (exact) mass is 381 g/mol. The van der Waals surface area contributed by atoms with Gasteiger partial charge in [0.25, 0.3) is 0 Å². The van der Waals surface area contributed by atoms with Gasteiger partial charge in [0.15, 0.2) is 0 Å². The van der Waals surface area contributed by atoms with Crippen LogP contribution in [0, 0.1) is 5.92 Å². The van der Waals surface area contributed by atoms with E-state index in [-0.39, 0.29) is 6.03 Å². The summed E-state index contributed by atoms with van der Waals surface area (Å²) in [5.41, 5.74) is 3.11. The third-order valence-corrected chi connectivity index (χ3v) is 4.89. The largest absolute Gasteiger partial charge is 0.491 e. The lowest BCUT2D eigenvalue weighted by Crippen LogP contribution is -2.32. The Bertz CT molecular complexity index is 785. The number of hydrogen-bond donors (Lipinski definition) is 1. The number of para-hydroxylation sites is 3. The molecule has 0 aromatic heterocycles. The third-order valence-electron chi connectivity index (χ3n) is 4.89. The van der Waals surface area contributed by atoms with Crippen LogP contribution in [0.4, 0.5) is 16.2 Å². The average Bonchev–Trinajstić information content (AvgIpc) is 3.22. The van der Waals surface area contributed by atoms with E-state index in [1.165, 1.54) is 24.1 Å². The van der Waals surface area contributed by atoms with Crippen LogP contribution in [0.25, 0.3) is 0 Å². The molecule has 1 aliphatic heterocycles. The Morgan fingerprint density at radius 1 is 1.11 bits per heavy atom. The Morgan fingerprint density at radius 3 is 2.54 bits per heavy atom. The lowest BCUT2D eigenvalue weighted by molar-refractivity contribution is 0.220. The SMILES string of the molecule is CC(C)COc1ccccc1NC(=O)N(C)Cc1ccccc1N1CCCC1. The van der Waals surface area contributed by atoms with Crippen molar-refractivity contribution in [2.45, 2.75) is 33.2 Å². The van der Waals surface area contributed by atoms with Gasteiger partial charge in [0.2, 0.25) is 0 Å². The molecule has 0 unspecified atom stereocenters. The molecule has 2 amide bonds. The molecule has 1 N–H and O–H groups in total. The van der Waals surface area contributed by atoms with Crippen LogP contribution in [0.3, 0.4) is 0 Å². The molecule has 1 saturated heterocycles. The number of amides is 2. The first-order chi connectivity index (χ1) is 13.5. The number of nitrogens with zero attached hydrogens (tertiary/aromatic N) is 2. The number of carbonyl (C=O) groups is 1. The summed E-state index contributed by atoms with van der Waals surface area (Å²) in [7, 11) is 1.83. The molecular formula is C23H31N3O2. The molecule has 0 aliphatic carbocycles. The molecule has 2 aromatic carbocycles. The van der Waals surface area contributed by atoms with Crippen LogP contribution in [0.15, 0.2) is 48.5 Å². The van der Waals surface area contributed by atoms with E-state index in [0.29, 0.717) is 30.5 Å². The molecule has 0 bridgehead atoms. The molecule has 5 heteroatoms. The van der Waals surface area contributed by atoms with Crippen molar-refractivity contribution in [2.75, 3.05) is 37.0 Å². The normalized spacial score (nSPS) is 13.6. The summed E-state index contributed by atoms with van der Waals surface area (Å²) in [5.74, 6) is 1.13. The summed E-state index contributed by atoms with van der Waals surface area (Å²) in [6.07, 6.45) is 2.47. The van der Waals surface area contributed by atoms with Crippen LogP contribution in [0.2, 0.25) is 0 Å². The predicted octanol–water partition coefficient (Wildman–Crippen LogP) is 4.99. The van der Waals surface area contributed by atoms with Crippen molar-refractivity contribution in [3.05, 3.63) is 54.1 Å². The summed E-state index contributed by atoms with van der Waals surface area (Å²) in [5, 5.41) is 2.99. The summed E-state index contributed by atoms with van der Waals surface area (Å²) < 4.78 is 5.84. The van der Waals surface area contributed by atoms with Crippen LogP contribution in [0.1, 0.15) is 32.3 Å². The van der Waals surface area contributed by atoms with Crippen LogP contribution in [-0.2, 0) is 6.54 Å². The van der Waals surface area contributed by atoms with Crippen molar-refractivity contribution in [3.8, 4) is 5.75 Å². The van der Waals surface area contributed by atoms with E-state index in [1.807, 2.05) is 37.4 Å². The molecule has 0 spiro atoms.